The SMILES string of the molecule is CC1(N)CN(S(=O)(=O)c2ccc([N+](=O)[O-])cc2)C1. The van der Waals surface area contributed by atoms with Gasteiger partial charge < -0.3 is 5.73 Å². The second-order valence-corrected chi connectivity index (χ2v) is 6.62. The van der Waals surface area contributed by atoms with Crippen LogP contribution in [0.25, 0.3) is 0 Å². The largest absolute Gasteiger partial charge is 0.323 e. The number of hydrogen-bond donors (Lipinski definition) is 1. The monoisotopic (exact) mass is 271 g/mol. The van der Waals surface area contributed by atoms with E-state index in [1.807, 2.05) is 0 Å². The highest BCUT2D eigenvalue weighted by Gasteiger charge is 2.42. The Labute approximate surface area is 104 Å². The molecule has 8 heteroatoms. The molecule has 0 saturated carbocycles. The van der Waals surface area contributed by atoms with Gasteiger partial charge in [0.25, 0.3) is 5.69 Å². The molecule has 18 heavy (non-hydrogen) atoms. The average molecular weight is 271 g/mol. The molecule has 0 atom stereocenters. The second-order valence-electron chi connectivity index (χ2n) is 4.68. The van der Waals surface area contributed by atoms with Gasteiger partial charge in [0.2, 0.25) is 10.0 Å². The van der Waals surface area contributed by atoms with Crippen LogP contribution in [-0.4, -0.2) is 36.3 Å². The van der Waals surface area contributed by atoms with E-state index in [9.17, 15) is 18.5 Å². The molecule has 1 heterocycles. The fourth-order valence-corrected chi connectivity index (χ4v) is 3.53. The molecular formula is C10H13N3O4S. The summed E-state index contributed by atoms with van der Waals surface area (Å²) in [5.74, 6) is 0. The molecular weight excluding hydrogens is 258 g/mol. The molecule has 2 N–H and O–H groups in total. The Hall–Kier alpha value is -1.51. The molecule has 0 unspecified atom stereocenters. The number of benzene rings is 1. The lowest BCUT2D eigenvalue weighted by Gasteiger charge is -2.44. The lowest BCUT2D eigenvalue weighted by atomic mass is 9.97. The molecule has 1 aliphatic heterocycles. The third kappa shape index (κ3) is 2.22. The van der Waals surface area contributed by atoms with Crippen molar-refractivity contribution in [1.29, 1.82) is 0 Å². The van der Waals surface area contributed by atoms with Gasteiger partial charge in [-0.25, -0.2) is 8.42 Å². The van der Waals surface area contributed by atoms with Crippen LogP contribution in [0.1, 0.15) is 6.92 Å². The van der Waals surface area contributed by atoms with Crippen molar-refractivity contribution in [2.75, 3.05) is 13.1 Å². The van der Waals surface area contributed by atoms with Gasteiger partial charge in [-0.05, 0) is 19.1 Å². The quantitative estimate of drug-likeness (QED) is 0.629. The molecule has 1 aromatic carbocycles. The van der Waals surface area contributed by atoms with Crippen LogP contribution in [-0.2, 0) is 10.0 Å². The molecule has 0 radical (unpaired) electrons. The molecule has 98 valence electrons. The molecule has 0 aromatic heterocycles. The summed E-state index contributed by atoms with van der Waals surface area (Å²) >= 11 is 0. The molecule has 1 aliphatic rings. The Balaban J connectivity index is 2.23. The van der Waals surface area contributed by atoms with E-state index >= 15 is 0 Å². The van der Waals surface area contributed by atoms with Crippen LogP contribution in [0.4, 0.5) is 5.69 Å². The van der Waals surface area contributed by atoms with Crippen molar-refractivity contribution in [3.8, 4) is 0 Å². The number of non-ortho nitro benzene ring substituents is 1. The summed E-state index contributed by atoms with van der Waals surface area (Å²) in [5.41, 5.74) is 5.13. The number of nitrogens with zero attached hydrogens (tertiary/aromatic N) is 2. The molecule has 0 aliphatic carbocycles. The van der Waals surface area contributed by atoms with Gasteiger partial charge >= 0.3 is 0 Å². The zero-order chi connectivity index (χ0) is 13.6. The van der Waals surface area contributed by atoms with E-state index < -0.39 is 20.5 Å². The lowest BCUT2D eigenvalue weighted by Crippen LogP contribution is -2.66. The van der Waals surface area contributed by atoms with E-state index in [0.717, 1.165) is 0 Å². The molecule has 1 saturated heterocycles. The summed E-state index contributed by atoms with van der Waals surface area (Å²) in [6.45, 7) is 2.29. The Bertz CT molecular complexity index is 572. The first-order valence-corrected chi connectivity index (χ1v) is 6.70. The third-order valence-electron chi connectivity index (χ3n) is 2.76. The summed E-state index contributed by atoms with van der Waals surface area (Å²) in [5, 5.41) is 10.5. The highest BCUT2D eigenvalue weighted by atomic mass is 32.2. The number of nitrogens with two attached hydrogens (primary N) is 1. The van der Waals surface area contributed by atoms with Crippen LogP contribution in [0.2, 0.25) is 0 Å². The molecule has 0 spiro atoms. The summed E-state index contributed by atoms with van der Waals surface area (Å²) in [7, 11) is -3.59. The number of rotatable bonds is 3. The molecule has 1 fully saturated rings. The summed E-state index contributed by atoms with van der Waals surface area (Å²) in [6, 6.07) is 4.82. The topological polar surface area (TPSA) is 107 Å². The molecule has 7 nitrogen and oxygen atoms in total. The maximum Gasteiger partial charge on any atom is 0.269 e. The zero-order valence-corrected chi connectivity index (χ0v) is 10.6. The van der Waals surface area contributed by atoms with Crippen molar-refractivity contribution in [3.05, 3.63) is 34.4 Å². The van der Waals surface area contributed by atoms with Crippen LogP contribution in [0, 0.1) is 10.1 Å². The van der Waals surface area contributed by atoms with Crippen LogP contribution >= 0.6 is 0 Å². The fraction of sp³-hybridized carbons (Fsp3) is 0.400. The van der Waals surface area contributed by atoms with Crippen LogP contribution in [0.5, 0.6) is 0 Å². The maximum absolute atomic E-state index is 12.1. The first-order valence-electron chi connectivity index (χ1n) is 5.26. The smallest absolute Gasteiger partial charge is 0.269 e. The van der Waals surface area contributed by atoms with Crippen molar-refractivity contribution in [2.45, 2.75) is 17.4 Å². The first-order chi connectivity index (χ1) is 8.22. The molecule has 1 aromatic rings. The Kier molecular flexibility index (Phi) is 2.88. The van der Waals surface area contributed by atoms with Crippen molar-refractivity contribution in [3.63, 3.8) is 0 Å². The third-order valence-corrected chi connectivity index (χ3v) is 4.57. The highest BCUT2D eigenvalue weighted by molar-refractivity contribution is 7.89. The minimum atomic E-state index is -3.59. The summed E-state index contributed by atoms with van der Waals surface area (Å²) in [4.78, 5) is 9.95. The molecule has 2 rings (SSSR count). The number of sulfonamides is 1. The van der Waals surface area contributed by atoms with E-state index in [1.165, 1.54) is 28.6 Å². The zero-order valence-electron chi connectivity index (χ0n) is 9.74. The van der Waals surface area contributed by atoms with Gasteiger partial charge in [0.1, 0.15) is 0 Å². The van der Waals surface area contributed by atoms with Crippen molar-refractivity contribution < 1.29 is 13.3 Å². The average Bonchev–Trinajstić information content (AvgIpc) is 2.26. The molecule has 0 amide bonds. The van der Waals surface area contributed by atoms with Gasteiger partial charge in [0.05, 0.1) is 9.82 Å². The van der Waals surface area contributed by atoms with Crippen LogP contribution in [0.15, 0.2) is 29.2 Å². The normalized spacial score (nSPS) is 19.2. The predicted octanol–water partition coefficient (Wildman–Crippen LogP) is 0.316. The van der Waals surface area contributed by atoms with Crippen LogP contribution in [0.3, 0.4) is 0 Å². The molecule has 0 bridgehead atoms. The van der Waals surface area contributed by atoms with Gasteiger partial charge in [-0.3, -0.25) is 10.1 Å². The first kappa shape index (κ1) is 12.9. The maximum atomic E-state index is 12.1. The van der Waals surface area contributed by atoms with E-state index in [2.05, 4.69) is 0 Å². The van der Waals surface area contributed by atoms with E-state index in [4.69, 9.17) is 5.73 Å². The number of nitro benzene ring substituents is 1. The minimum absolute atomic E-state index is 0.0450. The second kappa shape index (κ2) is 4.01. The van der Waals surface area contributed by atoms with Crippen molar-refractivity contribution >= 4 is 15.7 Å². The van der Waals surface area contributed by atoms with Gasteiger partial charge in [-0.15, -0.1) is 0 Å². The number of nitro groups is 1. The standard InChI is InChI=1S/C10H13N3O4S/c1-10(11)6-12(7-10)18(16,17)9-4-2-8(3-5-9)13(14)15/h2-5H,6-7,11H2,1H3. The fourth-order valence-electron chi connectivity index (χ4n) is 1.82. The van der Waals surface area contributed by atoms with Gasteiger partial charge in [0, 0.05) is 30.8 Å². The summed E-state index contributed by atoms with van der Waals surface area (Å²) in [6.07, 6.45) is 0. The minimum Gasteiger partial charge on any atom is -0.323 e. The van der Waals surface area contributed by atoms with Crippen molar-refractivity contribution in [1.82, 2.24) is 4.31 Å². The van der Waals surface area contributed by atoms with E-state index in [0.29, 0.717) is 0 Å². The Morgan fingerprint density at radius 2 is 1.83 bits per heavy atom. The van der Waals surface area contributed by atoms with Crippen molar-refractivity contribution in [2.24, 2.45) is 5.73 Å². The van der Waals surface area contributed by atoms with Gasteiger partial charge in [0.15, 0.2) is 0 Å². The Morgan fingerprint density at radius 3 is 2.22 bits per heavy atom. The summed E-state index contributed by atoms with van der Waals surface area (Å²) < 4.78 is 25.4. The lowest BCUT2D eigenvalue weighted by molar-refractivity contribution is -0.384. The van der Waals surface area contributed by atoms with E-state index in [-0.39, 0.29) is 23.7 Å². The number of hydrogen-bond acceptors (Lipinski definition) is 5. The van der Waals surface area contributed by atoms with Gasteiger partial charge in [-0.2, -0.15) is 4.31 Å². The highest BCUT2D eigenvalue weighted by Crippen LogP contribution is 2.27. The predicted molar refractivity (Wildman–Crippen MR) is 64.4 cm³/mol. The van der Waals surface area contributed by atoms with Gasteiger partial charge in [-0.1, -0.05) is 0 Å². The Morgan fingerprint density at radius 1 is 1.33 bits per heavy atom. The van der Waals surface area contributed by atoms with Crippen LogP contribution < -0.4 is 5.73 Å². The van der Waals surface area contributed by atoms with E-state index in [1.54, 1.807) is 6.92 Å².